The molecule has 0 aromatic carbocycles. The van der Waals surface area contributed by atoms with Crippen LogP contribution in [0.4, 0.5) is 5.82 Å². The number of anilines is 1. The predicted molar refractivity (Wildman–Crippen MR) is 73.8 cm³/mol. The highest BCUT2D eigenvalue weighted by molar-refractivity contribution is 7.91. The Morgan fingerprint density at radius 3 is 2.40 bits per heavy atom. The van der Waals surface area contributed by atoms with Crippen LogP contribution in [0.2, 0.25) is 0 Å². The highest BCUT2D eigenvalue weighted by Crippen LogP contribution is 2.22. The third-order valence-corrected chi connectivity index (χ3v) is 5.28. The van der Waals surface area contributed by atoms with Gasteiger partial charge in [-0.15, -0.1) is 5.10 Å². The first-order chi connectivity index (χ1) is 9.30. The number of sulfone groups is 1. The molecule has 0 aliphatic carbocycles. The van der Waals surface area contributed by atoms with Gasteiger partial charge in [0.25, 0.3) is 0 Å². The molecule has 2 rings (SSSR count). The fourth-order valence-corrected chi connectivity index (χ4v) is 3.69. The summed E-state index contributed by atoms with van der Waals surface area (Å²) in [5.41, 5.74) is 1.24. The van der Waals surface area contributed by atoms with E-state index in [-0.39, 0.29) is 28.9 Å². The molecular formula is C12H17N3O4S. The zero-order valence-corrected chi connectivity index (χ0v) is 12.2. The first-order valence-corrected chi connectivity index (χ1v) is 8.16. The van der Waals surface area contributed by atoms with Crippen molar-refractivity contribution in [2.45, 2.75) is 32.7 Å². The highest BCUT2D eigenvalue weighted by atomic mass is 32.2. The van der Waals surface area contributed by atoms with Gasteiger partial charge < -0.3 is 10.4 Å². The Morgan fingerprint density at radius 1 is 1.25 bits per heavy atom. The van der Waals surface area contributed by atoms with Crippen LogP contribution in [-0.2, 0) is 9.84 Å². The zero-order chi connectivity index (χ0) is 14.9. The second kappa shape index (κ2) is 5.35. The summed E-state index contributed by atoms with van der Waals surface area (Å²) in [6.07, 6.45) is 0.909. The molecule has 20 heavy (non-hydrogen) atoms. The molecule has 0 bridgehead atoms. The Kier molecular flexibility index (Phi) is 3.94. The van der Waals surface area contributed by atoms with Crippen molar-refractivity contribution >= 4 is 21.6 Å². The summed E-state index contributed by atoms with van der Waals surface area (Å²) in [4.78, 5) is 11.3. The molecular weight excluding hydrogens is 282 g/mol. The van der Waals surface area contributed by atoms with Gasteiger partial charge in [0.15, 0.2) is 5.82 Å². The Morgan fingerprint density at radius 2 is 1.85 bits per heavy atom. The molecule has 0 radical (unpaired) electrons. The second-order valence-corrected chi connectivity index (χ2v) is 7.31. The Labute approximate surface area is 117 Å². The number of aryl methyl sites for hydroxylation is 1. The Hall–Kier alpha value is -1.70. The lowest BCUT2D eigenvalue weighted by atomic mass is 10.1. The lowest BCUT2D eigenvalue weighted by Gasteiger charge is -2.24. The zero-order valence-electron chi connectivity index (χ0n) is 11.4. The molecule has 8 heteroatoms. The summed E-state index contributed by atoms with van der Waals surface area (Å²) in [6, 6.07) is -0.0898. The molecule has 0 atom stereocenters. The van der Waals surface area contributed by atoms with E-state index >= 15 is 0 Å². The minimum atomic E-state index is -2.94. The quantitative estimate of drug-likeness (QED) is 0.848. The molecule has 0 unspecified atom stereocenters. The highest BCUT2D eigenvalue weighted by Gasteiger charge is 2.26. The maximum atomic E-state index is 11.4. The predicted octanol–water partition coefficient (Wildman–Crippen LogP) is 0.781. The van der Waals surface area contributed by atoms with Gasteiger partial charge in [0.05, 0.1) is 17.2 Å². The molecule has 1 fully saturated rings. The number of aromatic carboxylic acids is 1. The number of rotatable bonds is 3. The summed E-state index contributed by atoms with van der Waals surface area (Å²) in [5.74, 6) is -0.618. The summed E-state index contributed by atoms with van der Waals surface area (Å²) in [5, 5.41) is 20.1. The number of aromatic nitrogens is 2. The van der Waals surface area contributed by atoms with E-state index in [0.29, 0.717) is 24.1 Å². The maximum Gasteiger partial charge on any atom is 0.339 e. The molecule has 0 amide bonds. The van der Waals surface area contributed by atoms with Crippen molar-refractivity contribution in [1.82, 2.24) is 10.2 Å². The third-order valence-electron chi connectivity index (χ3n) is 3.56. The van der Waals surface area contributed by atoms with Crippen LogP contribution in [0.1, 0.15) is 34.5 Å². The lowest BCUT2D eigenvalue weighted by Crippen LogP contribution is -2.33. The largest absolute Gasteiger partial charge is 0.478 e. The van der Waals surface area contributed by atoms with Crippen molar-refractivity contribution < 1.29 is 18.3 Å². The number of nitrogens with one attached hydrogen (secondary N) is 1. The van der Waals surface area contributed by atoms with Gasteiger partial charge in [-0.25, -0.2) is 13.2 Å². The first kappa shape index (κ1) is 14.7. The van der Waals surface area contributed by atoms with Gasteiger partial charge in [-0.2, -0.15) is 5.10 Å². The van der Waals surface area contributed by atoms with Gasteiger partial charge in [-0.3, -0.25) is 0 Å². The fraction of sp³-hybridized carbons (Fsp3) is 0.583. The van der Waals surface area contributed by atoms with Crippen molar-refractivity contribution in [3.05, 3.63) is 16.8 Å². The molecule has 1 aromatic rings. The third kappa shape index (κ3) is 3.06. The number of carboxylic acid groups (broad SMARTS) is 1. The molecule has 2 N–H and O–H groups in total. The number of carboxylic acids is 1. The summed E-state index contributed by atoms with van der Waals surface area (Å²) >= 11 is 0. The molecule has 2 heterocycles. The van der Waals surface area contributed by atoms with Crippen molar-refractivity contribution in [2.24, 2.45) is 0 Å². The minimum Gasteiger partial charge on any atom is -0.478 e. The summed E-state index contributed by atoms with van der Waals surface area (Å²) in [7, 11) is -2.94. The van der Waals surface area contributed by atoms with Gasteiger partial charge >= 0.3 is 5.97 Å². The molecule has 0 saturated carbocycles. The van der Waals surface area contributed by atoms with E-state index in [0.717, 1.165) is 0 Å². The van der Waals surface area contributed by atoms with Crippen LogP contribution in [0.3, 0.4) is 0 Å². The Balaban J connectivity index is 2.22. The van der Waals surface area contributed by atoms with E-state index in [1.54, 1.807) is 13.8 Å². The van der Waals surface area contributed by atoms with Crippen LogP contribution in [0, 0.1) is 13.8 Å². The molecule has 0 spiro atoms. The van der Waals surface area contributed by atoms with E-state index in [1.807, 2.05) is 0 Å². The first-order valence-electron chi connectivity index (χ1n) is 6.34. The average molecular weight is 299 g/mol. The van der Waals surface area contributed by atoms with Gasteiger partial charge in [0.2, 0.25) is 0 Å². The van der Waals surface area contributed by atoms with Gasteiger partial charge in [-0.1, -0.05) is 0 Å². The average Bonchev–Trinajstić information content (AvgIpc) is 2.36. The second-order valence-electron chi connectivity index (χ2n) is 5.01. The standard InChI is InChI=1S/C12H17N3O4S/c1-7-8(2)14-15-11(10(7)12(16)17)13-9-3-5-20(18,19)6-4-9/h9H,3-6H2,1-2H3,(H,13,15)(H,16,17). The van der Waals surface area contributed by atoms with Gasteiger partial charge in [0.1, 0.15) is 15.4 Å². The van der Waals surface area contributed by atoms with E-state index in [4.69, 9.17) is 0 Å². The van der Waals surface area contributed by atoms with Crippen molar-refractivity contribution in [3.63, 3.8) is 0 Å². The van der Waals surface area contributed by atoms with Crippen LogP contribution < -0.4 is 5.32 Å². The maximum absolute atomic E-state index is 11.4. The lowest BCUT2D eigenvalue weighted by molar-refractivity contribution is 0.0696. The molecule has 1 saturated heterocycles. The molecule has 1 aromatic heterocycles. The fourth-order valence-electron chi connectivity index (χ4n) is 2.20. The summed E-state index contributed by atoms with van der Waals surface area (Å²) < 4.78 is 22.7. The topological polar surface area (TPSA) is 109 Å². The minimum absolute atomic E-state index is 0.0898. The van der Waals surface area contributed by atoms with Crippen LogP contribution in [0.25, 0.3) is 0 Å². The molecule has 110 valence electrons. The van der Waals surface area contributed by atoms with E-state index < -0.39 is 15.8 Å². The van der Waals surface area contributed by atoms with Crippen LogP contribution >= 0.6 is 0 Å². The van der Waals surface area contributed by atoms with Crippen molar-refractivity contribution in [1.29, 1.82) is 0 Å². The molecule has 1 aliphatic heterocycles. The van der Waals surface area contributed by atoms with Crippen LogP contribution in [0.5, 0.6) is 0 Å². The van der Waals surface area contributed by atoms with Crippen LogP contribution in [0.15, 0.2) is 0 Å². The number of carbonyl (C=O) groups is 1. The van der Waals surface area contributed by atoms with E-state index in [9.17, 15) is 18.3 Å². The molecule has 7 nitrogen and oxygen atoms in total. The van der Waals surface area contributed by atoms with Gasteiger partial charge in [-0.05, 0) is 32.3 Å². The Bertz CT molecular complexity index is 628. The van der Waals surface area contributed by atoms with Crippen molar-refractivity contribution in [3.8, 4) is 0 Å². The van der Waals surface area contributed by atoms with E-state index in [1.165, 1.54) is 0 Å². The number of hydrogen-bond donors (Lipinski definition) is 2. The molecule has 1 aliphatic rings. The van der Waals surface area contributed by atoms with Gasteiger partial charge in [0, 0.05) is 6.04 Å². The SMILES string of the molecule is Cc1nnc(NC2CCS(=O)(=O)CC2)c(C(=O)O)c1C. The number of nitrogens with zero attached hydrogens (tertiary/aromatic N) is 2. The van der Waals surface area contributed by atoms with E-state index in [2.05, 4.69) is 15.5 Å². The number of hydrogen-bond acceptors (Lipinski definition) is 6. The van der Waals surface area contributed by atoms with Crippen LogP contribution in [-0.4, -0.2) is 47.2 Å². The summed E-state index contributed by atoms with van der Waals surface area (Å²) in [6.45, 7) is 3.38. The normalized spacial score (nSPS) is 18.7. The van der Waals surface area contributed by atoms with Crippen molar-refractivity contribution in [2.75, 3.05) is 16.8 Å². The smallest absolute Gasteiger partial charge is 0.339 e. The monoisotopic (exact) mass is 299 g/mol.